The first-order valence-electron chi connectivity index (χ1n) is 25.2. The highest BCUT2D eigenvalue weighted by Gasteiger charge is 2.63. The van der Waals surface area contributed by atoms with Gasteiger partial charge in [-0.3, -0.25) is 0 Å². The molecule has 4 nitrogen and oxygen atoms in total. The third kappa shape index (κ3) is 5.80. The summed E-state index contributed by atoms with van der Waals surface area (Å²) in [4.78, 5) is 15.3. The van der Waals surface area contributed by atoms with Gasteiger partial charge in [0.1, 0.15) is 11.2 Å². The monoisotopic (exact) mass is 899 g/mol. The molecule has 9 aromatic carbocycles. The lowest BCUT2D eigenvalue weighted by atomic mass is 9.38. The molecule has 0 N–H and O–H groups in total. The number of para-hydroxylation sites is 1. The third-order valence-electron chi connectivity index (χ3n) is 17.2. The van der Waals surface area contributed by atoms with Crippen LogP contribution in [-0.2, 0) is 10.8 Å². The van der Waals surface area contributed by atoms with Crippen LogP contribution in [0.3, 0.4) is 0 Å². The average molecular weight is 900 g/mol. The minimum absolute atomic E-state index is 0.0337. The number of hydrogen-bond donors (Lipinski definition) is 0. The number of rotatable bonds is 6. The van der Waals surface area contributed by atoms with Gasteiger partial charge in [-0.05, 0) is 147 Å². The molecule has 334 valence electrons. The van der Waals surface area contributed by atoms with Crippen LogP contribution < -0.4 is 0 Å². The number of benzene rings is 9. The maximum Gasteiger partial charge on any atom is 0.164 e. The van der Waals surface area contributed by atoms with E-state index in [4.69, 9.17) is 19.4 Å². The van der Waals surface area contributed by atoms with Crippen LogP contribution in [0.4, 0.5) is 0 Å². The van der Waals surface area contributed by atoms with Crippen molar-refractivity contribution in [3.05, 3.63) is 246 Å². The van der Waals surface area contributed by atoms with Crippen LogP contribution in [0.5, 0.6) is 0 Å². The van der Waals surface area contributed by atoms with Crippen molar-refractivity contribution >= 4 is 32.7 Å². The van der Waals surface area contributed by atoms with Gasteiger partial charge in [0.25, 0.3) is 0 Å². The lowest BCUT2D eigenvalue weighted by Crippen LogP contribution is -2.59. The molecule has 0 saturated heterocycles. The number of furan rings is 1. The standard InChI is InChI=1S/C66H49N3O/c1-4-14-43(15-5-1)62-67-63(69-64(68-62)49-28-30-55-54-20-10-13-23-60(54)70-61(55)40-49)48-27-26-44-37-45(24-25-46(44)38-48)47-29-31-58-59(39-47)66(52-33-41-32-42(35-52)36-53(66)34-41)57-22-12-11-21-56(57)65(58,50-16-6-2-7-17-50)51-18-8-3-9-19-51/h1-31,37-42,52-53H,32-36H2. The van der Waals surface area contributed by atoms with Crippen LogP contribution in [0.25, 0.3) is 78.0 Å². The Hall–Kier alpha value is -7.95. The predicted molar refractivity (Wildman–Crippen MR) is 282 cm³/mol. The van der Waals surface area contributed by atoms with Gasteiger partial charge >= 0.3 is 0 Å². The van der Waals surface area contributed by atoms with Gasteiger partial charge in [-0.15, -0.1) is 0 Å². The highest BCUT2D eigenvalue weighted by Crippen LogP contribution is 2.70. The van der Waals surface area contributed by atoms with E-state index in [1.54, 1.807) is 11.1 Å². The molecule has 5 aliphatic carbocycles. The summed E-state index contributed by atoms with van der Waals surface area (Å²) in [6.07, 6.45) is 6.76. The van der Waals surface area contributed by atoms with Gasteiger partial charge in [0.15, 0.2) is 17.5 Å². The molecule has 1 spiro atoms. The van der Waals surface area contributed by atoms with Gasteiger partial charge in [0, 0.05) is 32.9 Å². The largest absolute Gasteiger partial charge is 0.456 e. The molecule has 0 aliphatic heterocycles. The van der Waals surface area contributed by atoms with Crippen molar-refractivity contribution in [3.63, 3.8) is 0 Å². The second kappa shape index (κ2) is 15.3. The van der Waals surface area contributed by atoms with E-state index < -0.39 is 5.41 Å². The van der Waals surface area contributed by atoms with Gasteiger partial charge in [-0.1, -0.05) is 176 Å². The molecule has 0 atom stereocenters. The molecule has 4 saturated carbocycles. The average Bonchev–Trinajstić information content (AvgIpc) is 3.80. The normalized spacial score (nSPS) is 21.6. The number of nitrogens with zero attached hydrogens (tertiary/aromatic N) is 3. The minimum atomic E-state index is -0.456. The summed E-state index contributed by atoms with van der Waals surface area (Å²) < 4.78 is 6.30. The molecule has 0 unspecified atom stereocenters. The maximum atomic E-state index is 6.30. The molecular formula is C66H49N3O. The summed E-state index contributed by atoms with van der Waals surface area (Å²) in [7, 11) is 0. The van der Waals surface area contributed by atoms with E-state index in [2.05, 4.69) is 176 Å². The summed E-state index contributed by atoms with van der Waals surface area (Å²) in [6.45, 7) is 0. The Bertz CT molecular complexity index is 3790. The van der Waals surface area contributed by atoms with Gasteiger partial charge in [-0.25, -0.2) is 15.0 Å². The lowest BCUT2D eigenvalue weighted by Gasteiger charge is -2.65. The first-order chi connectivity index (χ1) is 34.6. The van der Waals surface area contributed by atoms with Gasteiger partial charge < -0.3 is 4.42 Å². The van der Waals surface area contributed by atoms with Crippen molar-refractivity contribution < 1.29 is 4.42 Å². The second-order valence-electron chi connectivity index (χ2n) is 20.7. The molecule has 4 heteroatoms. The molecular weight excluding hydrogens is 851 g/mol. The zero-order valence-corrected chi connectivity index (χ0v) is 38.8. The first kappa shape index (κ1) is 40.0. The van der Waals surface area contributed by atoms with Crippen molar-refractivity contribution in [2.24, 2.45) is 23.7 Å². The van der Waals surface area contributed by atoms with Crippen molar-refractivity contribution in [1.82, 2.24) is 15.0 Å². The topological polar surface area (TPSA) is 51.8 Å². The zero-order valence-electron chi connectivity index (χ0n) is 38.8. The van der Waals surface area contributed by atoms with E-state index >= 15 is 0 Å². The maximum absolute atomic E-state index is 6.30. The van der Waals surface area contributed by atoms with Crippen LogP contribution in [0.2, 0.25) is 0 Å². The molecule has 4 bridgehead atoms. The number of hydrogen-bond acceptors (Lipinski definition) is 4. The Morgan fingerprint density at radius 2 is 0.829 bits per heavy atom. The summed E-state index contributed by atoms with van der Waals surface area (Å²) in [5, 5.41) is 4.50. The van der Waals surface area contributed by atoms with Crippen molar-refractivity contribution in [2.75, 3.05) is 0 Å². The van der Waals surface area contributed by atoms with Crippen LogP contribution >= 0.6 is 0 Å². The highest BCUT2D eigenvalue weighted by molar-refractivity contribution is 6.05. The predicted octanol–water partition coefficient (Wildman–Crippen LogP) is 16.0. The quantitative estimate of drug-likeness (QED) is 0.167. The van der Waals surface area contributed by atoms with E-state index in [9.17, 15) is 0 Å². The zero-order chi connectivity index (χ0) is 46.0. The third-order valence-corrected chi connectivity index (χ3v) is 17.2. The van der Waals surface area contributed by atoms with Gasteiger partial charge in [0.05, 0.1) is 5.41 Å². The van der Waals surface area contributed by atoms with E-state index in [-0.39, 0.29) is 5.41 Å². The number of aromatic nitrogens is 3. The fourth-order valence-corrected chi connectivity index (χ4v) is 14.6. The van der Waals surface area contributed by atoms with Crippen LogP contribution in [0.1, 0.15) is 65.5 Å². The minimum Gasteiger partial charge on any atom is -0.456 e. The molecule has 70 heavy (non-hydrogen) atoms. The molecule has 2 aromatic heterocycles. The fraction of sp³-hybridized carbons (Fsp3) is 0.167. The van der Waals surface area contributed by atoms with E-state index in [0.29, 0.717) is 29.3 Å². The van der Waals surface area contributed by atoms with Crippen molar-refractivity contribution in [3.8, 4) is 45.3 Å². The summed E-state index contributed by atoms with van der Waals surface area (Å²) in [5.41, 5.74) is 15.2. The SMILES string of the molecule is c1ccc(-c2nc(-c3ccc4cc(-c5ccc6c(c5)C5(c7ccccc7C6(c6ccccc6)c6ccccc6)C6CC7CC(C6)CC5C7)ccc4c3)nc(-c3ccc4c(c3)oc3ccccc34)n2)cc1. The lowest BCUT2D eigenvalue weighted by molar-refractivity contribution is -0.0440. The molecule has 16 rings (SSSR count). The highest BCUT2D eigenvalue weighted by atomic mass is 16.3. The first-order valence-corrected chi connectivity index (χ1v) is 25.2. The Kier molecular flexibility index (Phi) is 8.73. The number of fused-ring (bicyclic) bond motifs is 6. The van der Waals surface area contributed by atoms with E-state index in [1.165, 1.54) is 70.9 Å². The summed E-state index contributed by atoms with van der Waals surface area (Å²) >= 11 is 0. The molecule has 5 aliphatic rings. The van der Waals surface area contributed by atoms with Crippen LogP contribution in [-0.4, -0.2) is 15.0 Å². The van der Waals surface area contributed by atoms with E-state index in [0.717, 1.165) is 55.9 Å². The molecule has 2 heterocycles. The molecule has 0 radical (unpaired) electrons. The van der Waals surface area contributed by atoms with Gasteiger partial charge in [0.2, 0.25) is 0 Å². The molecule has 11 aromatic rings. The molecule has 4 fully saturated rings. The Balaban J connectivity index is 0.875. The Morgan fingerprint density at radius 3 is 1.51 bits per heavy atom. The van der Waals surface area contributed by atoms with Crippen molar-refractivity contribution in [1.29, 1.82) is 0 Å². The second-order valence-corrected chi connectivity index (χ2v) is 20.7. The Morgan fingerprint density at radius 1 is 0.343 bits per heavy atom. The summed E-state index contributed by atoms with van der Waals surface area (Å²) in [6, 6.07) is 78.3. The summed E-state index contributed by atoms with van der Waals surface area (Å²) in [5.74, 6) is 4.85. The smallest absolute Gasteiger partial charge is 0.164 e. The molecule has 0 amide bonds. The van der Waals surface area contributed by atoms with Gasteiger partial charge in [-0.2, -0.15) is 0 Å². The van der Waals surface area contributed by atoms with Crippen LogP contribution in [0.15, 0.2) is 217 Å². The van der Waals surface area contributed by atoms with Crippen LogP contribution in [0, 0.1) is 23.7 Å². The fourth-order valence-electron chi connectivity index (χ4n) is 14.6. The Labute approximate surface area is 407 Å². The van der Waals surface area contributed by atoms with Crippen molar-refractivity contribution in [2.45, 2.75) is 42.9 Å². The van der Waals surface area contributed by atoms with E-state index in [1.807, 2.05) is 36.4 Å².